The molecule has 0 radical (unpaired) electrons. The maximum Gasteiger partial charge on any atom is 0.127 e. The van der Waals surface area contributed by atoms with Gasteiger partial charge in [0.15, 0.2) is 0 Å². The molecule has 1 aromatic rings. The van der Waals surface area contributed by atoms with Crippen molar-refractivity contribution in [2.45, 2.75) is 71.3 Å². The molecule has 2 nitrogen and oxygen atoms in total. The number of phenols is 1. The average Bonchev–Trinajstić information content (AvgIpc) is 2.43. The van der Waals surface area contributed by atoms with Crippen LogP contribution in [0.1, 0.15) is 70.4 Å². The maximum absolute atomic E-state index is 10.6. The van der Waals surface area contributed by atoms with Crippen LogP contribution in [0.5, 0.6) is 11.5 Å². The van der Waals surface area contributed by atoms with Crippen LogP contribution in [0.3, 0.4) is 0 Å². The molecule has 1 aromatic carbocycles. The number of fused-ring (bicyclic) bond motifs is 3. The Labute approximate surface area is 134 Å². The predicted octanol–water partition coefficient (Wildman–Crippen LogP) is 5.35. The van der Waals surface area contributed by atoms with Crippen molar-refractivity contribution in [1.29, 1.82) is 0 Å². The van der Waals surface area contributed by atoms with E-state index < -0.39 is 0 Å². The summed E-state index contributed by atoms with van der Waals surface area (Å²) in [6.45, 7) is 8.78. The maximum atomic E-state index is 10.6. The smallest absolute Gasteiger partial charge is 0.127 e. The molecule has 120 valence electrons. The van der Waals surface area contributed by atoms with Crippen LogP contribution in [-0.2, 0) is 6.42 Å². The third-order valence-electron chi connectivity index (χ3n) is 5.38. The first-order valence-corrected chi connectivity index (χ1v) is 8.62. The van der Waals surface area contributed by atoms with Gasteiger partial charge in [0.1, 0.15) is 17.1 Å². The highest BCUT2D eigenvalue weighted by atomic mass is 16.5. The van der Waals surface area contributed by atoms with Crippen LogP contribution in [0.4, 0.5) is 0 Å². The summed E-state index contributed by atoms with van der Waals surface area (Å²) >= 11 is 0. The number of aromatic hydroxyl groups is 1. The van der Waals surface area contributed by atoms with E-state index in [2.05, 4.69) is 39.8 Å². The molecule has 2 aliphatic rings. The standard InChI is InChI=1S/C20H28O2/c1-5-6-7-14-11-17(21)19-15-10-13(2)8-9-16(15)20(3,4)22-18(19)12-14/h8,11-12,15-16,21H,5-7,9-10H2,1-4H3/t15-,16?/m1/s1. The van der Waals surface area contributed by atoms with E-state index >= 15 is 0 Å². The highest BCUT2D eigenvalue weighted by Gasteiger charge is 2.45. The highest BCUT2D eigenvalue weighted by molar-refractivity contribution is 5.52. The number of aryl methyl sites for hydroxylation is 1. The van der Waals surface area contributed by atoms with Gasteiger partial charge in [0, 0.05) is 17.4 Å². The van der Waals surface area contributed by atoms with Crippen LogP contribution >= 0.6 is 0 Å². The molecule has 0 amide bonds. The fourth-order valence-corrected chi connectivity index (χ4v) is 4.15. The third kappa shape index (κ3) is 2.64. The molecule has 1 aliphatic carbocycles. The van der Waals surface area contributed by atoms with Gasteiger partial charge in [-0.15, -0.1) is 0 Å². The van der Waals surface area contributed by atoms with Gasteiger partial charge in [-0.25, -0.2) is 0 Å². The SMILES string of the molecule is CCCCc1cc(O)c2c(c1)OC(C)(C)C1CC=C(C)C[C@@H]21. The average molecular weight is 300 g/mol. The van der Waals surface area contributed by atoms with E-state index in [0.29, 0.717) is 17.6 Å². The molecule has 2 heteroatoms. The molecule has 0 spiro atoms. The van der Waals surface area contributed by atoms with Gasteiger partial charge in [-0.2, -0.15) is 0 Å². The molecule has 1 N–H and O–H groups in total. The Morgan fingerprint density at radius 3 is 2.82 bits per heavy atom. The lowest BCUT2D eigenvalue weighted by Gasteiger charge is -2.47. The first-order valence-electron chi connectivity index (χ1n) is 8.62. The molecule has 22 heavy (non-hydrogen) atoms. The third-order valence-corrected chi connectivity index (χ3v) is 5.38. The van der Waals surface area contributed by atoms with Gasteiger partial charge in [0.25, 0.3) is 0 Å². The van der Waals surface area contributed by atoms with Crippen LogP contribution in [0.15, 0.2) is 23.8 Å². The van der Waals surface area contributed by atoms with E-state index in [4.69, 9.17) is 4.74 Å². The largest absolute Gasteiger partial charge is 0.508 e. The lowest BCUT2D eigenvalue weighted by atomic mass is 9.67. The van der Waals surface area contributed by atoms with Crippen molar-refractivity contribution in [3.05, 3.63) is 34.9 Å². The topological polar surface area (TPSA) is 29.5 Å². The Morgan fingerprint density at radius 2 is 2.09 bits per heavy atom. The van der Waals surface area contributed by atoms with Gasteiger partial charge in [-0.1, -0.05) is 25.0 Å². The van der Waals surface area contributed by atoms with Gasteiger partial charge in [-0.05, 0) is 64.2 Å². The Balaban J connectivity index is 2.04. The summed E-state index contributed by atoms with van der Waals surface area (Å²) in [7, 11) is 0. The van der Waals surface area contributed by atoms with Crippen LogP contribution in [0.25, 0.3) is 0 Å². The zero-order valence-electron chi connectivity index (χ0n) is 14.3. The van der Waals surface area contributed by atoms with Gasteiger partial charge < -0.3 is 9.84 Å². The minimum absolute atomic E-state index is 0.176. The second-order valence-corrected chi connectivity index (χ2v) is 7.54. The summed E-state index contributed by atoms with van der Waals surface area (Å²) in [5.41, 5.74) is 3.48. The Kier molecular flexibility index (Phi) is 3.96. The summed E-state index contributed by atoms with van der Waals surface area (Å²) in [5, 5.41) is 10.6. The van der Waals surface area contributed by atoms with E-state index in [1.165, 1.54) is 17.6 Å². The van der Waals surface area contributed by atoms with Crippen molar-refractivity contribution >= 4 is 0 Å². The number of phenolic OH excluding ortho intramolecular Hbond substituents is 1. The van der Waals surface area contributed by atoms with E-state index in [9.17, 15) is 5.11 Å². The summed E-state index contributed by atoms with van der Waals surface area (Å²) in [5.74, 6) is 2.16. The second-order valence-electron chi connectivity index (χ2n) is 7.54. The van der Waals surface area contributed by atoms with Crippen LogP contribution in [0.2, 0.25) is 0 Å². The Bertz CT molecular complexity index is 598. The summed E-state index contributed by atoms with van der Waals surface area (Å²) < 4.78 is 6.34. The van der Waals surface area contributed by atoms with Gasteiger partial charge >= 0.3 is 0 Å². The monoisotopic (exact) mass is 300 g/mol. The van der Waals surface area contributed by atoms with Crippen molar-refractivity contribution in [3.8, 4) is 11.5 Å². The lowest BCUT2D eigenvalue weighted by Crippen LogP contribution is -2.45. The first-order chi connectivity index (χ1) is 10.4. The molecular formula is C20H28O2. The van der Waals surface area contributed by atoms with E-state index in [0.717, 1.165) is 37.0 Å². The van der Waals surface area contributed by atoms with E-state index in [-0.39, 0.29) is 5.60 Å². The van der Waals surface area contributed by atoms with Crippen LogP contribution < -0.4 is 4.74 Å². The molecule has 3 rings (SSSR count). The number of hydrogen-bond donors (Lipinski definition) is 1. The summed E-state index contributed by atoms with van der Waals surface area (Å²) in [6.07, 6.45) is 7.73. The van der Waals surface area contributed by atoms with Gasteiger partial charge in [-0.3, -0.25) is 0 Å². The van der Waals surface area contributed by atoms with Gasteiger partial charge in [0.2, 0.25) is 0 Å². The zero-order chi connectivity index (χ0) is 15.9. The molecular weight excluding hydrogens is 272 g/mol. The molecule has 0 fully saturated rings. The molecule has 0 saturated carbocycles. The van der Waals surface area contributed by atoms with E-state index in [1.54, 1.807) is 0 Å². The number of ether oxygens (including phenoxy) is 1. The van der Waals surface area contributed by atoms with Crippen molar-refractivity contribution in [2.24, 2.45) is 5.92 Å². The van der Waals surface area contributed by atoms with Crippen molar-refractivity contribution in [1.82, 2.24) is 0 Å². The van der Waals surface area contributed by atoms with Gasteiger partial charge in [0.05, 0.1) is 0 Å². The summed E-state index contributed by atoms with van der Waals surface area (Å²) in [6, 6.07) is 4.12. The lowest BCUT2D eigenvalue weighted by molar-refractivity contribution is 0.00753. The minimum Gasteiger partial charge on any atom is -0.508 e. The van der Waals surface area contributed by atoms with Crippen LogP contribution in [0, 0.1) is 5.92 Å². The van der Waals surface area contributed by atoms with E-state index in [1.807, 2.05) is 6.07 Å². The number of allylic oxidation sites excluding steroid dienone is 2. The van der Waals surface area contributed by atoms with Crippen LogP contribution in [-0.4, -0.2) is 10.7 Å². The van der Waals surface area contributed by atoms with Crippen molar-refractivity contribution < 1.29 is 9.84 Å². The quantitative estimate of drug-likeness (QED) is 0.763. The number of benzene rings is 1. The second kappa shape index (κ2) is 5.64. The number of unbranched alkanes of at least 4 members (excludes halogenated alkanes) is 1. The molecule has 0 aromatic heterocycles. The minimum atomic E-state index is -0.176. The first kappa shape index (κ1) is 15.5. The molecule has 0 bridgehead atoms. The molecule has 1 unspecified atom stereocenters. The predicted molar refractivity (Wildman–Crippen MR) is 90.6 cm³/mol. The van der Waals surface area contributed by atoms with Crippen molar-refractivity contribution in [2.75, 3.05) is 0 Å². The Morgan fingerprint density at radius 1 is 1.32 bits per heavy atom. The highest BCUT2D eigenvalue weighted by Crippen LogP contribution is 2.54. The molecule has 1 heterocycles. The normalized spacial score (nSPS) is 25.7. The zero-order valence-corrected chi connectivity index (χ0v) is 14.3. The molecule has 1 aliphatic heterocycles. The molecule has 2 atom stereocenters. The summed E-state index contributed by atoms with van der Waals surface area (Å²) in [4.78, 5) is 0. The fraction of sp³-hybridized carbons (Fsp3) is 0.600. The molecule has 0 saturated heterocycles. The van der Waals surface area contributed by atoms with Crippen molar-refractivity contribution in [3.63, 3.8) is 0 Å². The number of hydrogen-bond acceptors (Lipinski definition) is 2. The fourth-order valence-electron chi connectivity index (χ4n) is 4.15. The Hall–Kier alpha value is -1.44. The number of rotatable bonds is 3.